The van der Waals surface area contributed by atoms with Gasteiger partial charge in [0.15, 0.2) is 0 Å². The highest BCUT2D eigenvalue weighted by Crippen LogP contribution is 1.92. The first-order valence-corrected chi connectivity index (χ1v) is 5.93. The first-order valence-electron chi connectivity index (χ1n) is 5.93. The molecule has 0 saturated heterocycles. The van der Waals surface area contributed by atoms with Crippen LogP contribution in [0.3, 0.4) is 0 Å². The SMILES string of the molecule is C.C=C(NC(C)=O)C(=O)OC.C=C/C=C(\NC(C)=O)C(=O)OC. The van der Waals surface area contributed by atoms with Crippen LogP contribution < -0.4 is 10.6 Å². The zero-order valence-electron chi connectivity index (χ0n) is 13.0. The van der Waals surface area contributed by atoms with Crippen LogP contribution in [0.15, 0.2) is 36.7 Å². The number of rotatable bonds is 5. The summed E-state index contributed by atoms with van der Waals surface area (Å²) in [7, 11) is 2.45. The summed E-state index contributed by atoms with van der Waals surface area (Å²) in [4.78, 5) is 42.2. The standard InChI is InChI=1S/C8H11NO3.C6H9NO3.CH4/c1-4-5-7(8(11)12-3)9-6(2)10;1-4(6(9)10-3)7-5(2)8;/h4-5H,1H2,2-3H3,(H,9,10);1H2,2-3H3,(H,7,8);1H4/b7-5-;;. The molecule has 0 saturated carbocycles. The molecule has 130 valence electrons. The first-order chi connectivity index (χ1) is 10.2. The van der Waals surface area contributed by atoms with Crippen molar-refractivity contribution >= 4 is 23.8 Å². The third-order valence-electron chi connectivity index (χ3n) is 1.76. The average Bonchev–Trinajstić information content (AvgIpc) is 2.44. The number of carbonyl (C=O) groups excluding carboxylic acids is 4. The predicted molar refractivity (Wildman–Crippen MR) is 85.8 cm³/mol. The second-order valence-corrected chi connectivity index (χ2v) is 3.64. The number of methoxy groups -OCH3 is 2. The number of carbonyl (C=O) groups is 4. The van der Waals surface area contributed by atoms with E-state index in [-0.39, 0.29) is 30.6 Å². The molecule has 0 atom stereocenters. The number of hydrogen-bond acceptors (Lipinski definition) is 6. The van der Waals surface area contributed by atoms with E-state index in [1.165, 1.54) is 40.2 Å². The van der Waals surface area contributed by atoms with Crippen LogP contribution in [0, 0.1) is 0 Å². The van der Waals surface area contributed by atoms with Gasteiger partial charge in [-0.15, -0.1) is 0 Å². The van der Waals surface area contributed by atoms with Gasteiger partial charge in [0.2, 0.25) is 11.8 Å². The van der Waals surface area contributed by atoms with E-state index in [0.717, 1.165) is 0 Å². The summed E-state index contributed by atoms with van der Waals surface area (Å²) >= 11 is 0. The Morgan fingerprint density at radius 3 is 1.65 bits per heavy atom. The highest BCUT2D eigenvalue weighted by atomic mass is 16.5. The van der Waals surface area contributed by atoms with E-state index in [9.17, 15) is 19.2 Å². The second-order valence-electron chi connectivity index (χ2n) is 3.64. The van der Waals surface area contributed by atoms with E-state index in [1.54, 1.807) is 0 Å². The quantitative estimate of drug-likeness (QED) is 0.439. The molecule has 2 amide bonds. The molecular formula is C15H24N2O6. The van der Waals surface area contributed by atoms with E-state index < -0.39 is 11.9 Å². The van der Waals surface area contributed by atoms with Crippen LogP contribution in [0.5, 0.6) is 0 Å². The molecule has 0 bridgehead atoms. The molecule has 8 nitrogen and oxygen atoms in total. The van der Waals surface area contributed by atoms with Crippen LogP contribution in [0.25, 0.3) is 0 Å². The van der Waals surface area contributed by atoms with E-state index in [4.69, 9.17) is 0 Å². The zero-order chi connectivity index (χ0) is 17.7. The molecule has 2 N–H and O–H groups in total. The van der Waals surface area contributed by atoms with Gasteiger partial charge in [-0.2, -0.15) is 0 Å². The Bertz CT molecular complexity index is 494. The molecule has 0 spiro atoms. The van der Waals surface area contributed by atoms with Crippen LogP contribution in [-0.2, 0) is 28.7 Å². The van der Waals surface area contributed by atoms with Gasteiger partial charge in [0, 0.05) is 13.8 Å². The Morgan fingerprint density at radius 2 is 1.35 bits per heavy atom. The molecule has 0 fully saturated rings. The van der Waals surface area contributed by atoms with Crippen molar-refractivity contribution < 1.29 is 28.7 Å². The molecule has 0 heterocycles. The first kappa shape index (κ1) is 25.1. The minimum atomic E-state index is -0.629. The molecule has 0 aliphatic heterocycles. The fourth-order valence-electron chi connectivity index (χ4n) is 0.965. The Kier molecular flexibility index (Phi) is 15.3. The van der Waals surface area contributed by atoms with Crippen LogP contribution in [0.2, 0.25) is 0 Å². The average molecular weight is 328 g/mol. The maximum atomic E-state index is 10.9. The fourth-order valence-corrected chi connectivity index (χ4v) is 0.965. The van der Waals surface area contributed by atoms with Crippen LogP contribution in [0.1, 0.15) is 21.3 Å². The summed E-state index contributed by atoms with van der Waals surface area (Å²) in [5.41, 5.74) is 0.0370. The lowest BCUT2D eigenvalue weighted by Gasteiger charge is -2.03. The Hall–Kier alpha value is -2.90. The Balaban J connectivity index is -0.000000338. The Morgan fingerprint density at radius 1 is 0.913 bits per heavy atom. The van der Waals surface area contributed by atoms with Gasteiger partial charge in [0.1, 0.15) is 11.4 Å². The highest BCUT2D eigenvalue weighted by Gasteiger charge is 2.08. The van der Waals surface area contributed by atoms with Crippen molar-refractivity contribution in [3.63, 3.8) is 0 Å². The van der Waals surface area contributed by atoms with Gasteiger partial charge in [-0.3, -0.25) is 9.59 Å². The summed E-state index contributed by atoms with van der Waals surface area (Å²) < 4.78 is 8.66. The third kappa shape index (κ3) is 13.8. The summed E-state index contributed by atoms with van der Waals surface area (Å²) in [6.45, 7) is 9.24. The monoisotopic (exact) mass is 328 g/mol. The van der Waals surface area contributed by atoms with Gasteiger partial charge in [-0.1, -0.05) is 26.7 Å². The van der Waals surface area contributed by atoms with Gasteiger partial charge in [-0.25, -0.2) is 9.59 Å². The van der Waals surface area contributed by atoms with Crippen LogP contribution >= 0.6 is 0 Å². The van der Waals surface area contributed by atoms with Crippen LogP contribution in [-0.4, -0.2) is 38.0 Å². The molecule has 0 aliphatic rings. The minimum Gasteiger partial charge on any atom is -0.464 e. The molecule has 0 rings (SSSR count). The fraction of sp³-hybridized carbons (Fsp3) is 0.333. The lowest BCUT2D eigenvalue weighted by molar-refractivity contribution is -0.138. The Labute approximate surface area is 136 Å². The zero-order valence-corrected chi connectivity index (χ0v) is 13.0. The number of hydrogen-bond donors (Lipinski definition) is 2. The lowest BCUT2D eigenvalue weighted by Crippen LogP contribution is -2.25. The third-order valence-corrected chi connectivity index (χ3v) is 1.76. The summed E-state index contributed by atoms with van der Waals surface area (Å²) in [6.07, 6.45) is 2.76. The van der Waals surface area contributed by atoms with Crippen molar-refractivity contribution in [2.24, 2.45) is 0 Å². The van der Waals surface area contributed by atoms with Gasteiger partial charge in [0.25, 0.3) is 0 Å². The van der Waals surface area contributed by atoms with Gasteiger partial charge in [-0.05, 0) is 6.08 Å². The number of allylic oxidation sites excluding steroid dienone is 2. The smallest absolute Gasteiger partial charge is 0.354 e. The molecule has 0 aromatic carbocycles. The van der Waals surface area contributed by atoms with Gasteiger partial charge in [0.05, 0.1) is 14.2 Å². The van der Waals surface area contributed by atoms with Crippen molar-refractivity contribution in [3.8, 4) is 0 Å². The molecule has 8 heteroatoms. The number of nitrogens with one attached hydrogen (secondary N) is 2. The molecule has 0 radical (unpaired) electrons. The van der Waals surface area contributed by atoms with Crippen LogP contribution in [0.4, 0.5) is 0 Å². The van der Waals surface area contributed by atoms with E-state index in [1.807, 2.05) is 0 Å². The van der Waals surface area contributed by atoms with E-state index >= 15 is 0 Å². The summed E-state index contributed by atoms with van der Waals surface area (Å²) in [6, 6.07) is 0. The molecule has 0 aromatic rings. The molecule has 0 aliphatic carbocycles. The van der Waals surface area contributed by atoms with Crippen molar-refractivity contribution in [2.45, 2.75) is 21.3 Å². The maximum Gasteiger partial charge on any atom is 0.354 e. The highest BCUT2D eigenvalue weighted by molar-refractivity contribution is 5.93. The van der Waals surface area contributed by atoms with Gasteiger partial charge < -0.3 is 20.1 Å². The summed E-state index contributed by atoms with van der Waals surface area (Å²) in [5.74, 6) is -1.88. The van der Waals surface area contributed by atoms with Crippen molar-refractivity contribution in [1.82, 2.24) is 10.6 Å². The largest absolute Gasteiger partial charge is 0.464 e. The molecule has 23 heavy (non-hydrogen) atoms. The molecule has 0 aromatic heterocycles. The predicted octanol–water partition coefficient (Wildman–Crippen LogP) is 0.811. The summed E-state index contributed by atoms with van der Waals surface area (Å²) in [5, 5.41) is 4.49. The number of esters is 2. The lowest BCUT2D eigenvalue weighted by atomic mass is 10.4. The second kappa shape index (κ2) is 14.1. The number of amides is 2. The van der Waals surface area contributed by atoms with Gasteiger partial charge >= 0.3 is 11.9 Å². The van der Waals surface area contributed by atoms with Crippen molar-refractivity contribution in [2.75, 3.05) is 14.2 Å². The van der Waals surface area contributed by atoms with E-state index in [2.05, 4.69) is 33.3 Å². The minimum absolute atomic E-state index is 0. The normalized spacial score (nSPS) is 8.96. The molecular weight excluding hydrogens is 304 g/mol. The van der Waals surface area contributed by atoms with Crippen molar-refractivity contribution in [3.05, 3.63) is 36.7 Å². The maximum absolute atomic E-state index is 10.9. The van der Waals surface area contributed by atoms with Crippen molar-refractivity contribution in [1.29, 1.82) is 0 Å². The van der Waals surface area contributed by atoms with E-state index in [0.29, 0.717) is 0 Å². The number of ether oxygens (including phenoxy) is 2. The molecule has 0 unspecified atom stereocenters. The topological polar surface area (TPSA) is 111 Å².